The molecular formula is C65H118Cl3N17O29S10. The number of rotatable bonds is 23. The number of guanidine groups is 2. The molecule has 0 aromatic heterocycles. The molecule has 0 saturated carbocycles. The zero-order valence-electron chi connectivity index (χ0n) is 69.5. The highest BCUT2D eigenvalue weighted by Gasteiger charge is 2.32. The molecule has 1 aliphatic heterocycles. The van der Waals surface area contributed by atoms with Gasteiger partial charge < -0.3 is 77.1 Å². The number of aliphatic carboxylic acids is 2. The minimum absolute atomic E-state index is 0. The van der Waals surface area contributed by atoms with Crippen LogP contribution in [-0.4, -0.2) is 308 Å². The van der Waals surface area contributed by atoms with E-state index >= 15 is 0 Å². The van der Waals surface area contributed by atoms with Crippen molar-refractivity contribution in [3.05, 3.63) is 67.7 Å². The molecule has 0 unspecified atom stereocenters. The van der Waals surface area contributed by atoms with Crippen molar-refractivity contribution in [1.29, 1.82) is 0 Å². The standard InChI is InChI=1S/C22H22Cl3N5O6S.C12H23N3O6S2.C11H21N3O6S2.C6H14N4O4S.C6H12O3.C4H9NO2S3.CH5NO2S.3CH4/c1-37(35,36)29-22(26)27-9-16(21(33)34)28-19(31)17-15(24)8-12-10-30(7-6-14(12)18(17)25)20(32)11-2-4-13(23)5-3-11;1-12(2,3)21-11(17)14-8(9(16)20-4)7-13-10(22-5)15-23(6,18)19;1-11(2,3)20-10(17)13-7(8(15)16)6-12-9(21-4)14-22(5,18)19;1-14-5(11)4(7)3-9-6(8)10-15(2,12)13;1-6(2,3)9-5(8)4-7;1-8-4(9-2)5-10(3,6)7;1-5(2,3)4;;;/h2-5,8,16H,6-7,9-10H2,1H3,(H,28,31)(H,33,34)(H3,26,27,29);8H,7H2,1-6H3,(H,13,15)(H,14,17);7H,6H2,1-5H3,(H,12,14)(H,13,17)(H,15,16);4H,3,7H2,1-2H3,(H3,8,9,10);7H,4H2,1-3H3;1-3H3;1H3,(H2,2,3,4);3*1H4/t16-;8-;7-;4-;;;;;;/m0000....../s1. The third-order valence-corrected chi connectivity index (χ3v) is 19.0. The Morgan fingerprint density at radius 1 is 0.548 bits per heavy atom. The van der Waals surface area contributed by atoms with Crippen LogP contribution in [0.3, 0.4) is 0 Å². The fraction of sp³-hybridized carbons (Fsp3) is 0.600. The van der Waals surface area contributed by atoms with Crippen LogP contribution < -0.4 is 57.2 Å². The molecule has 59 heteroatoms. The maximum absolute atomic E-state index is 12.9. The molecule has 0 bridgehead atoms. The molecule has 718 valence electrons. The first kappa shape index (κ1) is 129. The Hall–Kier alpha value is -7.73. The van der Waals surface area contributed by atoms with Crippen LogP contribution in [-0.2, 0) is 121 Å². The predicted molar refractivity (Wildman–Crippen MR) is 489 cm³/mol. The molecule has 0 saturated heterocycles. The Bertz CT molecular complexity index is 4720. The number of carboxylic acids is 2. The van der Waals surface area contributed by atoms with Crippen molar-refractivity contribution in [1.82, 2.24) is 39.7 Å². The SMILES string of the molecule is C.C.C.CC(C)(C)OC(=O)CO.COC(=O)[C@@H](N)CN=C(N)NS(C)(=O)=O.COC(=O)[C@H](CN=C(NS(C)(=O)=O)SC)NC(=O)OC(C)(C)C.CS(=O)(=O)NC(N)=NC[C@H](NC(=O)c1c(Cl)cc2c(c1Cl)CCN(C(=O)c1ccc(Cl)cc1)C2)C(=O)O.CS(N)(=O)=O.CSC(=NC[C@H](NC(=O)OC(C)(C)C)C(=O)O)NS(C)(=O)=O.CSC(=NS(C)(=O)=O)SC. The fourth-order valence-corrected chi connectivity index (χ4v) is 14.2. The number of methoxy groups -OCH3 is 2. The largest absolute Gasteiger partial charge is 0.480 e. The van der Waals surface area contributed by atoms with Gasteiger partial charge in [0.15, 0.2) is 10.3 Å². The molecular weight excluding hydrogens is 1910 g/mol. The molecule has 4 atom stereocenters. The summed E-state index contributed by atoms with van der Waals surface area (Å²) in [6, 6.07) is 3.06. The van der Waals surface area contributed by atoms with Crippen LogP contribution in [0.4, 0.5) is 9.59 Å². The van der Waals surface area contributed by atoms with E-state index in [1.165, 1.54) is 43.8 Å². The third-order valence-electron chi connectivity index (χ3n) is 11.7. The number of aliphatic imine (C=N–C) groups is 4. The highest BCUT2D eigenvalue weighted by Crippen LogP contribution is 2.35. The number of benzene rings is 2. The first-order chi connectivity index (χ1) is 54.7. The summed E-state index contributed by atoms with van der Waals surface area (Å²) in [5, 5.41) is 38.5. The quantitative estimate of drug-likeness (QED) is 0.0327. The number of alkyl carbamates (subject to hydrolysis) is 2. The Morgan fingerprint density at radius 3 is 1.23 bits per heavy atom. The van der Waals surface area contributed by atoms with Crippen molar-refractivity contribution in [2.75, 3.05) is 116 Å². The molecule has 0 fully saturated rings. The number of carbonyl (C=O) groups is 9. The number of hydrogen-bond donors (Lipinski definition) is 14. The van der Waals surface area contributed by atoms with E-state index in [-0.39, 0.29) is 86.3 Å². The molecule has 18 N–H and O–H groups in total. The first-order valence-corrected chi connectivity index (χ1v) is 50.7. The van der Waals surface area contributed by atoms with E-state index in [9.17, 15) is 98.8 Å². The number of aliphatic hydroxyl groups is 1. The molecule has 4 amide bonds. The maximum atomic E-state index is 12.9. The number of nitrogens with zero attached hydrogens (tertiary/aromatic N) is 6. The Labute approximate surface area is 758 Å². The molecule has 0 aliphatic carbocycles. The summed E-state index contributed by atoms with van der Waals surface area (Å²) in [7, 11) is -18.2. The normalized spacial score (nSPS) is 13.3. The van der Waals surface area contributed by atoms with Crippen LogP contribution in [0.2, 0.25) is 15.1 Å². The van der Waals surface area contributed by atoms with Gasteiger partial charge in [-0.2, -0.15) is 0 Å². The van der Waals surface area contributed by atoms with Gasteiger partial charge >= 0.3 is 42.0 Å². The summed E-state index contributed by atoms with van der Waals surface area (Å²) >= 11 is 23.5. The highest BCUT2D eigenvalue weighted by molar-refractivity contribution is 8.38. The highest BCUT2D eigenvalue weighted by atomic mass is 35.5. The van der Waals surface area contributed by atoms with Gasteiger partial charge in [-0.1, -0.05) is 80.6 Å². The Balaban J connectivity index is -0.000000277. The molecule has 2 aromatic rings. The summed E-state index contributed by atoms with van der Waals surface area (Å²) in [6.07, 6.45) is 11.1. The van der Waals surface area contributed by atoms with Gasteiger partial charge in [0, 0.05) is 23.7 Å². The topological polar surface area (TPSA) is 719 Å². The Morgan fingerprint density at radius 2 is 0.911 bits per heavy atom. The number of amides is 4. The van der Waals surface area contributed by atoms with Crippen LogP contribution in [0.25, 0.3) is 0 Å². The number of thioether (sulfide) groups is 4. The van der Waals surface area contributed by atoms with Crippen molar-refractivity contribution in [3.8, 4) is 0 Å². The lowest BCUT2D eigenvalue weighted by atomic mass is 9.96. The van der Waals surface area contributed by atoms with Crippen molar-refractivity contribution in [2.45, 2.75) is 139 Å². The summed E-state index contributed by atoms with van der Waals surface area (Å²) in [5.41, 5.74) is 15.6. The number of hydrogen-bond acceptors (Lipinski definition) is 36. The predicted octanol–water partition coefficient (Wildman–Crippen LogP) is 1.96. The minimum atomic E-state index is -3.71. The summed E-state index contributed by atoms with van der Waals surface area (Å²) in [5.74, 6) is -6.63. The van der Waals surface area contributed by atoms with Gasteiger partial charge in [0.1, 0.15) is 52.0 Å². The first-order valence-electron chi connectivity index (χ1n) is 33.3. The van der Waals surface area contributed by atoms with E-state index in [0.29, 0.717) is 39.1 Å². The average Bonchev–Trinajstić information content (AvgIpc) is 0.772. The minimum Gasteiger partial charge on any atom is -0.480 e. The van der Waals surface area contributed by atoms with Crippen LogP contribution >= 0.6 is 81.9 Å². The third kappa shape index (κ3) is 69.5. The number of carboxylic acid groups (broad SMARTS) is 2. The second-order valence-corrected chi connectivity index (χ2v) is 41.6. The maximum Gasteiger partial charge on any atom is 0.408 e. The van der Waals surface area contributed by atoms with E-state index in [1.807, 2.05) is 9.44 Å². The number of fused-ring (bicyclic) bond motifs is 1. The number of sulfonamides is 6. The number of amidine groups is 2. The molecule has 1 heterocycles. The summed E-state index contributed by atoms with van der Waals surface area (Å²) < 4.78 is 164. The van der Waals surface area contributed by atoms with Crippen LogP contribution in [0.1, 0.15) is 116 Å². The van der Waals surface area contributed by atoms with Crippen LogP contribution in [0, 0.1) is 0 Å². The number of ether oxygens (including phenoxy) is 5. The number of carbonyl (C=O) groups excluding carboxylic acids is 7. The lowest BCUT2D eigenvalue weighted by molar-refractivity contribution is -0.158. The van der Waals surface area contributed by atoms with Crippen molar-refractivity contribution >= 4 is 222 Å². The number of primary sulfonamides is 1. The lowest BCUT2D eigenvalue weighted by Crippen LogP contribution is -2.46. The lowest BCUT2D eigenvalue weighted by Gasteiger charge is -2.30. The zero-order chi connectivity index (χ0) is 95.6. The van der Waals surface area contributed by atoms with E-state index in [1.54, 1.807) is 117 Å². The van der Waals surface area contributed by atoms with Crippen LogP contribution in [0.5, 0.6) is 0 Å². The van der Waals surface area contributed by atoms with Crippen LogP contribution in [0.15, 0.2) is 54.7 Å². The van der Waals surface area contributed by atoms with E-state index in [0.717, 1.165) is 61.1 Å². The van der Waals surface area contributed by atoms with Gasteiger partial charge in [0.25, 0.3) is 21.8 Å². The van der Waals surface area contributed by atoms with Crippen molar-refractivity contribution in [3.63, 3.8) is 0 Å². The average molecular weight is 2030 g/mol. The van der Waals surface area contributed by atoms with Gasteiger partial charge in [-0.25, -0.2) is 89.4 Å². The van der Waals surface area contributed by atoms with Crippen molar-refractivity contribution < 1.29 is 133 Å². The second-order valence-electron chi connectivity index (χ2n) is 26.6. The molecule has 124 heavy (non-hydrogen) atoms. The molecule has 1 aliphatic rings. The summed E-state index contributed by atoms with van der Waals surface area (Å²) in [6.45, 7) is 14.0. The van der Waals surface area contributed by atoms with E-state index in [2.05, 4.69) is 64.4 Å². The number of aliphatic hydroxyl groups excluding tert-OH is 1. The van der Waals surface area contributed by atoms with Gasteiger partial charge in [0.05, 0.1) is 93.5 Å². The Kier molecular flexibility index (Phi) is 62.7. The van der Waals surface area contributed by atoms with Gasteiger partial charge in [-0.15, -0.1) is 27.9 Å². The van der Waals surface area contributed by atoms with Gasteiger partial charge in [0.2, 0.25) is 62.0 Å². The van der Waals surface area contributed by atoms with Crippen molar-refractivity contribution in [2.24, 2.45) is 46.7 Å². The zero-order valence-corrected chi connectivity index (χ0v) is 80.0. The number of halogens is 3. The number of nitrogens with two attached hydrogens (primary N) is 4. The summed E-state index contributed by atoms with van der Waals surface area (Å²) in [4.78, 5) is 121. The van der Waals surface area contributed by atoms with E-state index < -0.39 is 168 Å². The number of nitrogens with one attached hydrogen (secondary N) is 7. The smallest absolute Gasteiger partial charge is 0.408 e. The number of esters is 3. The van der Waals surface area contributed by atoms with E-state index in [4.69, 9.17) is 76.4 Å². The molecule has 2 aromatic carbocycles. The molecule has 0 spiro atoms. The van der Waals surface area contributed by atoms with Gasteiger partial charge in [-0.05, 0) is 135 Å². The molecule has 3 rings (SSSR count). The fourth-order valence-electron chi connectivity index (χ4n) is 7.30. The monoisotopic (exact) mass is 2030 g/mol. The molecule has 0 radical (unpaired) electrons. The van der Waals surface area contributed by atoms with Gasteiger partial charge in [-0.3, -0.25) is 48.2 Å². The second kappa shape index (κ2) is 60.1. The molecule has 46 nitrogen and oxygen atoms in total.